The molecule has 4 heteroatoms. The van der Waals surface area contributed by atoms with Crippen molar-refractivity contribution >= 4 is 11.3 Å². The fraction of sp³-hybridized carbons (Fsp3) is 0.333. The van der Waals surface area contributed by atoms with E-state index in [1.54, 1.807) is 11.3 Å². The number of hydrogen-bond acceptors (Lipinski definition) is 4. The van der Waals surface area contributed by atoms with Crippen molar-refractivity contribution in [3.8, 4) is 10.7 Å². The van der Waals surface area contributed by atoms with Crippen molar-refractivity contribution in [2.45, 2.75) is 12.3 Å². The van der Waals surface area contributed by atoms with Crippen LogP contribution >= 0.6 is 11.3 Å². The van der Waals surface area contributed by atoms with Crippen molar-refractivity contribution in [1.82, 2.24) is 15.3 Å². The van der Waals surface area contributed by atoms with Crippen molar-refractivity contribution in [2.75, 3.05) is 13.1 Å². The van der Waals surface area contributed by atoms with Gasteiger partial charge in [0.2, 0.25) is 0 Å². The van der Waals surface area contributed by atoms with Crippen molar-refractivity contribution in [1.29, 1.82) is 0 Å². The molecule has 1 N–H and O–H groups in total. The summed E-state index contributed by atoms with van der Waals surface area (Å²) in [6.07, 6.45) is 3.01. The summed E-state index contributed by atoms with van der Waals surface area (Å²) in [6.45, 7) is 2.17. The van der Waals surface area contributed by atoms with Gasteiger partial charge >= 0.3 is 0 Å². The topological polar surface area (TPSA) is 37.8 Å². The summed E-state index contributed by atoms with van der Waals surface area (Å²) in [7, 11) is 0. The average Bonchev–Trinajstić information content (AvgIpc) is 3.01. The van der Waals surface area contributed by atoms with E-state index in [0.717, 1.165) is 23.8 Å². The highest BCUT2D eigenvalue weighted by molar-refractivity contribution is 7.13. The van der Waals surface area contributed by atoms with E-state index in [-0.39, 0.29) is 0 Å². The first-order chi connectivity index (χ1) is 7.93. The zero-order valence-electron chi connectivity index (χ0n) is 8.89. The first kappa shape index (κ1) is 9.93. The molecule has 3 heterocycles. The molecule has 0 saturated carbocycles. The van der Waals surface area contributed by atoms with E-state index in [9.17, 15) is 0 Å². The standard InChI is InChI=1S/C12H13N3S/c1-2-5-14-10(3-1)12-15-11(8-16-12)9-4-6-13-7-9/h1-3,5,8-9,13H,4,6-7H2. The lowest BCUT2D eigenvalue weighted by Gasteiger charge is -2.02. The molecule has 2 aromatic rings. The largest absolute Gasteiger partial charge is 0.316 e. The lowest BCUT2D eigenvalue weighted by atomic mass is 10.1. The maximum Gasteiger partial charge on any atom is 0.142 e. The zero-order chi connectivity index (χ0) is 10.8. The Morgan fingerprint density at radius 2 is 2.38 bits per heavy atom. The molecule has 1 aliphatic heterocycles. The third kappa shape index (κ3) is 1.86. The second-order valence-corrected chi connectivity index (χ2v) is 4.84. The van der Waals surface area contributed by atoms with E-state index in [4.69, 9.17) is 0 Å². The number of nitrogens with zero attached hydrogens (tertiary/aromatic N) is 2. The predicted octanol–water partition coefficient (Wildman–Crippen LogP) is 2.28. The maximum atomic E-state index is 4.68. The lowest BCUT2D eigenvalue weighted by Crippen LogP contribution is -2.08. The zero-order valence-corrected chi connectivity index (χ0v) is 9.70. The van der Waals surface area contributed by atoms with Gasteiger partial charge in [0.05, 0.1) is 11.4 Å². The van der Waals surface area contributed by atoms with E-state index in [2.05, 4.69) is 20.7 Å². The predicted molar refractivity (Wildman–Crippen MR) is 65.6 cm³/mol. The summed E-state index contributed by atoms with van der Waals surface area (Å²) in [5, 5.41) is 6.57. The number of thiazole rings is 1. The van der Waals surface area contributed by atoms with Crippen LogP contribution in [0.3, 0.4) is 0 Å². The van der Waals surface area contributed by atoms with Crippen LogP contribution in [0.1, 0.15) is 18.0 Å². The fourth-order valence-electron chi connectivity index (χ4n) is 1.99. The van der Waals surface area contributed by atoms with Crippen LogP contribution in [0.15, 0.2) is 29.8 Å². The number of hydrogen-bond donors (Lipinski definition) is 1. The monoisotopic (exact) mass is 231 g/mol. The Morgan fingerprint density at radius 1 is 1.38 bits per heavy atom. The van der Waals surface area contributed by atoms with E-state index < -0.39 is 0 Å². The molecule has 1 aliphatic rings. The fourth-order valence-corrected chi connectivity index (χ4v) is 2.86. The van der Waals surface area contributed by atoms with Gasteiger partial charge in [-0.05, 0) is 25.1 Å². The highest BCUT2D eigenvalue weighted by Crippen LogP contribution is 2.28. The normalized spacial score (nSPS) is 20.1. The number of pyridine rings is 1. The van der Waals surface area contributed by atoms with Crippen LogP contribution in [-0.2, 0) is 0 Å². The summed E-state index contributed by atoms with van der Waals surface area (Å²) in [5.74, 6) is 0.591. The highest BCUT2D eigenvalue weighted by Gasteiger charge is 2.19. The minimum Gasteiger partial charge on any atom is -0.316 e. The molecule has 0 bridgehead atoms. The molecule has 0 aromatic carbocycles. The van der Waals surface area contributed by atoms with Gasteiger partial charge in [-0.25, -0.2) is 4.98 Å². The molecule has 1 unspecified atom stereocenters. The SMILES string of the molecule is c1ccc(-c2nc(C3CCNC3)cs2)nc1. The van der Waals surface area contributed by atoms with Crippen LogP contribution in [0.2, 0.25) is 0 Å². The molecule has 16 heavy (non-hydrogen) atoms. The Morgan fingerprint density at radius 3 is 3.12 bits per heavy atom. The molecule has 1 atom stereocenters. The summed E-state index contributed by atoms with van der Waals surface area (Å²) in [5.41, 5.74) is 2.19. The second kappa shape index (κ2) is 4.31. The van der Waals surface area contributed by atoms with E-state index in [1.807, 2.05) is 24.4 Å². The van der Waals surface area contributed by atoms with Crippen LogP contribution in [0, 0.1) is 0 Å². The molecule has 0 radical (unpaired) electrons. The Kier molecular flexibility index (Phi) is 2.68. The van der Waals surface area contributed by atoms with Gasteiger partial charge in [0.1, 0.15) is 5.01 Å². The summed E-state index contributed by atoms with van der Waals surface area (Å²) in [4.78, 5) is 9.00. The van der Waals surface area contributed by atoms with Crippen molar-refractivity contribution < 1.29 is 0 Å². The lowest BCUT2D eigenvalue weighted by molar-refractivity contribution is 0.742. The molecule has 2 aromatic heterocycles. The Hall–Kier alpha value is -1.26. The van der Waals surface area contributed by atoms with Crippen LogP contribution in [0.4, 0.5) is 0 Å². The Labute approximate surface area is 98.6 Å². The summed E-state index contributed by atoms with van der Waals surface area (Å²) < 4.78 is 0. The maximum absolute atomic E-state index is 4.68. The van der Waals surface area contributed by atoms with Crippen molar-refractivity contribution in [3.63, 3.8) is 0 Å². The highest BCUT2D eigenvalue weighted by atomic mass is 32.1. The van der Waals surface area contributed by atoms with Crippen molar-refractivity contribution in [3.05, 3.63) is 35.5 Å². The molecule has 1 fully saturated rings. The minimum absolute atomic E-state index is 0.591. The van der Waals surface area contributed by atoms with E-state index >= 15 is 0 Å². The van der Waals surface area contributed by atoms with Gasteiger partial charge in [-0.2, -0.15) is 0 Å². The first-order valence-electron chi connectivity index (χ1n) is 5.51. The van der Waals surface area contributed by atoms with E-state index in [1.165, 1.54) is 12.1 Å². The molecule has 3 rings (SSSR count). The molecular weight excluding hydrogens is 218 g/mol. The average molecular weight is 231 g/mol. The van der Waals surface area contributed by atoms with Gasteiger partial charge in [-0.3, -0.25) is 4.98 Å². The molecule has 3 nitrogen and oxygen atoms in total. The Bertz CT molecular complexity index is 460. The second-order valence-electron chi connectivity index (χ2n) is 3.98. The van der Waals surface area contributed by atoms with Gasteiger partial charge in [0, 0.05) is 24.0 Å². The first-order valence-corrected chi connectivity index (χ1v) is 6.39. The van der Waals surface area contributed by atoms with Gasteiger partial charge in [-0.15, -0.1) is 11.3 Å². The summed E-state index contributed by atoms with van der Waals surface area (Å²) >= 11 is 1.69. The van der Waals surface area contributed by atoms with Gasteiger partial charge in [0.25, 0.3) is 0 Å². The van der Waals surface area contributed by atoms with Crippen LogP contribution in [0.25, 0.3) is 10.7 Å². The molecule has 0 aliphatic carbocycles. The number of nitrogens with one attached hydrogen (secondary N) is 1. The third-order valence-corrected chi connectivity index (χ3v) is 3.77. The third-order valence-electron chi connectivity index (χ3n) is 2.88. The van der Waals surface area contributed by atoms with Crippen molar-refractivity contribution in [2.24, 2.45) is 0 Å². The van der Waals surface area contributed by atoms with Crippen LogP contribution in [0.5, 0.6) is 0 Å². The summed E-state index contributed by atoms with van der Waals surface area (Å²) in [6, 6.07) is 5.94. The van der Waals surface area contributed by atoms with Gasteiger partial charge in [-0.1, -0.05) is 6.07 Å². The molecule has 1 saturated heterocycles. The molecular formula is C12H13N3S. The van der Waals surface area contributed by atoms with Gasteiger partial charge < -0.3 is 5.32 Å². The molecule has 0 amide bonds. The van der Waals surface area contributed by atoms with Gasteiger partial charge in [0.15, 0.2) is 0 Å². The molecule has 82 valence electrons. The van der Waals surface area contributed by atoms with Crippen LogP contribution in [-0.4, -0.2) is 23.1 Å². The smallest absolute Gasteiger partial charge is 0.142 e. The number of rotatable bonds is 2. The Balaban J connectivity index is 1.87. The van der Waals surface area contributed by atoms with Crippen LogP contribution < -0.4 is 5.32 Å². The minimum atomic E-state index is 0.591. The number of aromatic nitrogens is 2. The van der Waals surface area contributed by atoms with E-state index in [0.29, 0.717) is 5.92 Å². The quantitative estimate of drug-likeness (QED) is 0.861. The molecule has 0 spiro atoms.